The summed E-state index contributed by atoms with van der Waals surface area (Å²) in [6.07, 6.45) is 10.2. The van der Waals surface area contributed by atoms with Gasteiger partial charge in [-0.3, -0.25) is 0 Å². The average Bonchev–Trinajstić information content (AvgIpc) is 2.86. The Balaban J connectivity index is 1.69. The molecule has 0 amide bonds. The summed E-state index contributed by atoms with van der Waals surface area (Å²) < 4.78 is 0. The van der Waals surface area contributed by atoms with Gasteiger partial charge in [0.05, 0.1) is 5.75 Å². The maximum absolute atomic E-state index is 4.46. The van der Waals surface area contributed by atoms with Gasteiger partial charge in [0.25, 0.3) is 0 Å². The van der Waals surface area contributed by atoms with Crippen molar-refractivity contribution in [1.82, 2.24) is 15.3 Å². The SMILES string of the molecule is CCCNCc1cnc(CSC2CCCCC2)[nH]1. The number of imidazole rings is 1. The second kappa shape index (κ2) is 7.85. The predicted octanol–water partition coefficient (Wildman–Crippen LogP) is 3.48. The molecule has 0 bridgehead atoms. The maximum atomic E-state index is 4.46. The summed E-state index contributed by atoms with van der Waals surface area (Å²) >= 11 is 2.08. The van der Waals surface area contributed by atoms with E-state index in [2.05, 4.69) is 34.0 Å². The van der Waals surface area contributed by atoms with Crippen LogP contribution in [0.25, 0.3) is 0 Å². The van der Waals surface area contributed by atoms with E-state index < -0.39 is 0 Å². The third kappa shape index (κ3) is 4.65. The zero-order valence-electron chi connectivity index (χ0n) is 11.4. The highest BCUT2D eigenvalue weighted by atomic mass is 32.2. The second-order valence-corrected chi connectivity index (χ2v) is 6.39. The van der Waals surface area contributed by atoms with Crippen LogP contribution in [-0.4, -0.2) is 21.8 Å². The van der Waals surface area contributed by atoms with Crippen molar-refractivity contribution in [3.05, 3.63) is 17.7 Å². The smallest absolute Gasteiger partial charge is 0.116 e. The number of H-pyrrole nitrogens is 1. The predicted molar refractivity (Wildman–Crippen MR) is 78.8 cm³/mol. The molecule has 0 radical (unpaired) electrons. The first-order chi connectivity index (χ1) is 8.88. The van der Waals surface area contributed by atoms with E-state index in [1.54, 1.807) is 0 Å². The summed E-state index contributed by atoms with van der Waals surface area (Å²) in [6.45, 7) is 4.17. The first-order valence-corrected chi connectivity index (χ1v) is 8.28. The lowest BCUT2D eigenvalue weighted by Gasteiger charge is -2.20. The van der Waals surface area contributed by atoms with Crippen LogP contribution in [0.2, 0.25) is 0 Å². The topological polar surface area (TPSA) is 40.7 Å². The molecule has 4 heteroatoms. The summed E-state index contributed by atoms with van der Waals surface area (Å²) in [5.74, 6) is 2.18. The minimum absolute atomic E-state index is 0.866. The van der Waals surface area contributed by atoms with Crippen molar-refractivity contribution in [2.24, 2.45) is 0 Å². The van der Waals surface area contributed by atoms with Gasteiger partial charge in [-0.15, -0.1) is 0 Å². The Bertz CT molecular complexity index is 332. The molecule has 1 heterocycles. The fraction of sp³-hybridized carbons (Fsp3) is 0.786. The van der Waals surface area contributed by atoms with Gasteiger partial charge in [0.2, 0.25) is 0 Å². The molecule has 1 aliphatic carbocycles. The number of hydrogen-bond acceptors (Lipinski definition) is 3. The number of hydrogen-bond donors (Lipinski definition) is 2. The Hall–Kier alpha value is -0.480. The molecule has 102 valence electrons. The van der Waals surface area contributed by atoms with Crippen LogP contribution in [0.5, 0.6) is 0 Å². The lowest BCUT2D eigenvalue weighted by molar-refractivity contribution is 0.516. The molecule has 0 aliphatic heterocycles. The minimum Gasteiger partial charge on any atom is -0.344 e. The second-order valence-electron chi connectivity index (χ2n) is 5.10. The Labute approximate surface area is 115 Å². The van der Waals surface area contributed by atoms with Crippen LogP contribution < -0.4 is 5.32 Å². The van der Waals surface area contributed by atoms with E-state index in [9.17, 15) is 0 Å². The van der Waals surface area contributed by atoms with E-state index in [0.717, 1.165) is 29.9 Å². The van der Waals surface area contributed by atoms with Gasteiger partial charge >= 0.3 is 0 Å². The zero-order chi connectivity index (χ0) is 12.6. The van der Waals surface area contributed by atoms with E-state index in [0.29, 0.717) is 0 Å². The summed E-state index contributed by atoms with van der Waals surface area (Å²) in [5, 5.41) is 4.26. The minimum atomic E-state index is 0.866. The first kappa shape index (κ1) is 13.9. The van der Waals surface area contributed by atoms with E-state index in [1.807, 2.05) is 6.20 Å². The molecule has 0 saturated heterocycles. The molecule has 0 atom stereocenters. The fourth-order valence-corrected chi connectivity index (χ4v) is 3.60. The number of rotatable bonds is 7. The van der Waals surface area contributed by atoms with Gasteiger partial charge in [0, 0.05) is 23.7 Å². The van der Waals surface area contributed by atoms with E-state index in [-0.39, 0.29) is 0 Å². The van der Waals surface area contributed by atoms with Gasteiger partial charge in [-0.25, -0.2) is 4.98 Å². The van der Waals surface area contributed by atoms with Crippen molar-refractivity contribution in [2.75, 3.05) is 6.54 Å². The number of nitrogens with one attached hydrogen (secondary N) is 2. The maximum Gasteiger partial charge on any atom is 0.116 e. The third-order valence-electron chi connectivity index (χ3n) is 3.43. The number of aromatic nitrogens is 2. The van der Waals surface area contributed by atoms with Crippen molar-refractivity contribution in [3.63, 3.8) is 0 Å². The summed E-state index contributed by atoms with van der Waals surface area (Å²) in [4.78, 5) is 7.88. The average molecular weight is 267 g/mol. The standard InChI is InChI=1S/C14H25N3S/c1-2-8-15-9-12-10-16-14(17-12)11-18-13-6-4-3-5-7-13/h10,13,15H,2-9,11H2,1H3,(H,16,17). The van der Waals surface area contributed by atoms with Gasteiger partial charge in [-0.2, -0.15) is 11.8 Å². The summed E-state index contributed by atoms with van der Waals surface area (Å²) in [7, 11) is 0. The third-order valence-corrected chi connectivity index (χ3v) is 4.81. The van der Waals surface area contributed by atoms with Crippen molar-refractivity contribution >= 4 is 11.8 Å². The van der Waals surface area contributed by atoms with E-state index in [4.69, 9.17) is 0 Å². The highest BCUT2D eigenvalue weighted by molar-refractivity contribution is 7.99. The molecule has 0 spiro atoms. The molecule has 0 aromatic carbocycles. The molecule has 1 saturated carbocycles. The molecule has 1 fully saturated rings. The fourth-order valence-electron chi connectivity index (χ4n) is 2.40. The van der Waals surface area contributed by atoms with Gasteiger partial charge in [0.15, 0.2) is 0 Å². The van der Waals surface area contributed by atoms with Crippen LogP contribution >= 0.6 is 11.8 Å². The number of thioether (sulfide) groups is 1. The Morgan fingerprint density at radius 3 is 3.00 bits per heavy atom. The normalized spacial score (nSPS) is 17.2. The Morgan fingerprint density at radius 2 is 2.22 bits per heavy atom. The molecule has 3 nitrogen and oxygen atoms in total. The molecule has 0 unspecified atom stereocenters. The lowest BCUT2D eigenvalue weighted by Crippen LogP contribution is -2.14. The van der Waals surface area contributed by atoms with Gasteiger partial charge in [-0.1, -0.05) is 26.2 Å². The van der Waals surface area contributed by atoms with Crippen LogP contribution in [0.3, 0.4) is 0 Å². The van der Waals surface area contributed by atoms with Crippen LogP contribution in [0, 0.1) is 0 Å². The number of nitrogens with zero attached hydrogens (tertiary/aromatic N) is 1. The molecule has 1 aromatic heterocycles. The highest BCUT2D eigenvalue weighted by Gasteiger charge is 2.14. The molecule has 2 N–H and O–H groups in total. The van der Waals surface area contributed by atoms with Crippen molar-refractivity contribution in [3.8, 4) is 0 Å². The summed E-state index contributed by atoms with van der Waals surface area (Å²) in [6, 6.07) is 0. The van der Waals surface area contributed by atoms with Crippen LogP contribution in [0.1, 0.15) is 57.0 Å². The van der Waals surface area contributed by atoms with Crippen molar-refractivity contribution in [1.29, 1.82) is 0 Å². The zero-order valence-corrected chi connectivity index (χ0v) is 12.2. The molecule has 18 heavy (non-hydrogen) atoms. The first-order valence-electron chi connectivity index (χ1n) is 7.23. The monoisotopic (exact) mass is 267 g/mol. The Morgan fingerprint density at radius 1 is 1.39 bits per heavy atom. The van der Waals surface area contributed by atoms with Crippen LogP contribution in [0.15, 0.2) is 6.20 Å². The van der Waals surface area contributed by atoms with E-state index >= 15 is 0 Å². The van der Waals surface area contributed by atoms with Crippen LogP contribution in [-0.2, 0) is 12.3 Å². The largest absolute Gasteiger partial charge is 0.344 e. The van der Waals surface area contributed by atoms with Gasteiger partial charge in [-0.05, 0) is 25.8 Å². The molecule has 1 aliphatic rings. The quantitative estimate of drug-likeness (QED) is 0.743. The molecule has 1 aromatic rings. The Kier molecular flexibility index (Phi) is 6.08. The highest BCUT2D eigenvalue weighted by Crippen LogP contribution is 2.29. The summed E-state index contributed by atoms with van der Waals surface area (Å²) in [5.41, 5.74) is 1.21. The molecular weight excluding hydrogens is 242 g/mol. The van der Waals surface area contributed by atoms with Gasteiger partial charge in [0.1, 0.15) is 5.82 Å². The van der Waals surface area contributed by atoms with Crippen molar-refractivity contribution in [2.45, 2.75) is 63.0 Å². The number of aromatic amines is 1. The van der Waals surface area contributed by atoms with Crippen LogP contribution in [0.4, 0.5) is 0 Å². The van der Waals surface area contributed by atoms with Crippen molar-refractivity contribution < 1.29 is 0 Å². The molecular formula is C14H25N3S. The van der Waals surface area contributed by atoms with Gasteiger partial charge < -0.3 is 10.3 Å². The van der Waals surface area contributed by atoms with E-state index in [1.165, 1.54) is 44.2 Å². The molecule has 2 rings (SSSR count). The lowest BCUT2D eigenvalue weighted by atomic mass is 10.0.